The van der Waals surface area contributed by atoms with Gasteiger partial charge in [-0.1, -0.05) is 11.8 Å². The number of nitrogens with zero attached hydrogens (tertiary/aromatic N) is 1. The average Bonchev–Trinajstić information content (AvgIpc) is 2.84. The second-order valence-electron chi connectivity index (χ2n) is 4.46. The van der Waals surface area contributed by atoms with E-state index in [4.69, 9.17) is 4.74 Å². The van der Waals surface area contributed by atoms with Crippen LogP contribution in [-0.2, 0) is 14.3 Å². The van der Waals surface area contributed by atoms with Gasteiger partial charge in [-0.05, 0) is 6.42 Å². The molecule has 108 valence electrons. The van der Waals surface area contributed by atoms with E-state index in [2.05, 4.69) is 15.0 Å². The third kappa shape index (κ3) is 3.02. The van der Waals surface area contributed by atoms with Gasteiger partial charge < -0.3 is 25.0 Å². The fraction of sp³-hybridized carbons (Fsp3) is 0.818. The Labute approximate surface area is 115 Å². The van der Waals surface area contributed by atoms with Crippen LogP contribution in [0.1, 0.15) is 12.8 Å². The second-order valence-corrected chi connectivity index (χ2v) is 5.54. The number of ether oxygens (including phenoxy) is 2. The van der Waals surface area contributed by atoms with E-state index < -0.39 is 18.3 Å². The molecule has 0 radical (unpaired) electrons. The van der Waals surface area contributed by atoms with E-state index in [0.717, 1.165) is 0 Å². The normalized spacial score (nSPS) is 39.8. The smallest absolute Gasteiger partial charge is 0.305 e. The predicted molar refractivity (Wildman–Crippen MR) is 69.8 cm³/mol. The molecule has 3 N–H and O–H groups in total. The molecule has 0 aliphatic carbocycles. The van der Waals surface area contributed by atoms with Crippen molar-refractivity contribution in [2.24, 2.45) is 4.99 Å². The van der Waals surface area contributed by atoms with Crippen LogP contribution in [0.15, 0.2) is 4.99 Å². The zero-order valence-electron chi connectivity index (χ0n) is 10.8. The standard InChI is InChI=1S/C11H18N2O5S/c1-12-11-13-7-9(16)8(15)5(18-10(7)19-11)3-4-6(14)17-2/h5,7-10,15-16H,3-4H2,1-2H3,(H,12,13)/t5-,7-,8+,9-,10-/m1/s1. The Balaban J connectivity index is 1.98. The maximum atomic E-state index is 11.1. The first-order chi connectivity index (χ1) is 9.06. The van der Waals surface area contributed by atoms with E-state index in [1.165, 1.54) is 18.9 Å². The van der Waals surface area contributed by atoms with E-state index >= 15 is 0 Å². The number of hydrogen-bond donors (Lipinski definition) is 3. The lowest BCUT2D eigenvalue weighted by Crippen LogP contribution is -2.58. The zero-order valence-corrected chi connectivity index (χ0v) is 11.6. The predicted octanol–water partition coefficient (Wildman–Crippen LogP) is -0.923. The van der Waals surface area contributed by atoms with Gasteiger partial charge in [0.15, 0.2) is 5.17 Å². The molecule has 0 saturated carbocycles. The minimum Gasteiger partial charge on any atom is -0.469 e. The highest BCUT2D eigenvalue weighted by molar-refractivity contribution is 8.14. The highest BCUT2D eigenvalue weighted by Crippen LogP contribution is 2.34. The summed E-state index contributed by atoms with van der Waals surface area (Å²) in [6.45, 7) is 0. The first-order valence-electron chi connectivity index (χ1n) is 6.05. The van der Waals surface area contributed by atoms with Crippen LogP contribution in [-0.4, -0.2) is 65.3 Å². The van der Waals surface area contributed by atoms with Gasteiger partial charge in [-0.15, -0.1) is 0 Å². The number of nitrogens with one attached hydrogen (secondary N) is 1. The van der Waals surface area contributed by atoms with Crippen molar-refractivity contribution >= 4 is 22.9 Å². The lowest BCUT2D eigenvalue weighted by Gasteiger charge is -2.38. The van der Waals surface area contributed by atoms with E-state index in [-0.39, 0.29) is 23.9 Å². The summed E-state index contributed by atoms with van der Waals surface area (Å²) in [6, 6.07) is -0.381. The molecule has 19 heavy (non-hydrogen) atoms. The number of aliphatic hydroxyl groups is 2. The van der Waals surface area contributed by atoms with Crippen molar-refractivity contribution in [1.82, 2.24) is 5.32 Å². The monoisotopic (exact) mass is 290 g/mol. The number of carbonyl (C=O) groups is 1. The lowest BCUT2D eigenvalue weighted by molar-refractivity contribution is -0.162. The number of carbonyl (C=O) groups excluding carboxylic acids is 1. The molecule has 2 aliphatic rings. The van der Waals surface area contributed by atoms with Crippen LogP contribution in [0.25, 0.3) is 0 Å². The number of esters is 1. The molecule has 0 bridgehead atoms. The molecule has 0 spiro atoms. The molecule has 0 aromatic carbocycles. The van der Waals surface area contributed by atoms with Crippen molar-refractivity contribution in [3.63, 3.8) is 0 Å². The maximum absolute atomic E-state index is 11.1. The molecule has 0 aromatic heterocycles. The van der Waals surface area contributed by atoms with Gasteiger partial charge in [0.2, 0.25) is 0 Å². The molecule has 0 aromatic rings. The number of methoxy groups -OCH3 is 1. The number of fused-ring (bicyclic) bond motifs is 1. The van der Waals surface area contributed by atoms with Gasteiger partial charge in [0, 0.05) is 13.5 Å². The van der Waals surface area contributed by atoms with Crippen LogP contribution in [0.5, 0.6) is 0 Å². The van der Waals surface area contributed by atoms with Crippen molar-refractivity contribution in [2.75, 3.05) is 14.2 Å². The van der Waals surface area contributed by atoms with E-state index in [9.17, 15) is 15.0 Å². The molecule has 2 fully saturated rings. The van der Waals surface area contributed by atoms with Gasteiger partial charge in [0.1, 0.15) is 17.6 Å². The van der Waals surface area contributed by atoms with Crippen LogP contribution in [0.2, 0.25) is 0 Å². The van der Waals surface area contributed by atoms with E-state index in [1.807, 2.05) is 0 Å². The van der Waals surface area contributed by atoms with Gasteiger partial charge in [0.05, 0.1) is 19.3 Å². The van der Waals surface area contributed by atoms with Gasteiger partial charge in [-0.3, -0.25) is 9.79 Å². The highest BCUT2D eigenvalue weighted by atomic mass is 32.2. The first kappa shape index (κ1) is 14.6. The van der Waals surface area contributed by atoms with Crippen LogP contribution in [0.4, 0.5) is 0 Å². The van der Waals surface area contributed by atoms with Gasteiger partial charge >= 0.3 is 5.97 Å². The minimum absolute atomic E-state index is 0.148. The Morgan fingerprint density at radius 2 is 2.26 bits per heavy atom. The SMILES string of the molecule is CN=C1N[C@@H]2[C@@H](O)[C@@H](O)[C@@H](CCC(=O)OC)O[C@@H]2S1. The van der Waals surface area contributed by atoms with E-state index in [0.29, 0.717) is 11.6 Å². The van der Waals surface area contributed by atoms with Crippen LogP contribution < -0.4 is 5.32 Å². The molecule has 2 saturated heterocycles. The lowest BCUT2D eigenvalue weighted by atomic mass is 9.95. The number of aliphatic imine (C=N–C) groups is 1. The Bertz CT molecular complexity index is 378. The quantitative estimate of drug-likeness (QED) is 0.578. The van der Waals surface area contributed by atoms with Crippen LogP contribution >= 0.6 is 11.8 Å². The Kier molecular flexibility index (Phi) is 4.67. The van der Waals surface area contributed by atoms with E-state index in [1.54, 1.807) is 7.05 Å². The van der Waals surface area contributed by atoms with Crippen molar-refractivity contribution in [3.8, 4) is 0 Å². The molecule has 7 nitrogen and oxygen atoms in total. The highest BCUT2D eigenvalue weighted by Gasteiger charge is 2.48. The maximum Gasteiger partial charge on any atom is 0.305 e. The molecule has 2 aliphatic heterocycles. The van der Waals surface area contributed by atoms with Crippen molar-refractivity contribution < 1.29 is 24.5 Å². The number of rotatable bonds is 3. The topological polar surface area (TPSA) is 100 Å². The number of thioether (sulfide) groups is 1. The largest absolute Gasteiger partial charge is 0.469 e. The first-order valence-corrected chi connectivity index (χ1v) is 6.93. The van der Waals surface area contributed by atoms with Gasteiger partial charge in [-0.25, -0.2) is 0 Å². The van der Waals surface area contributed by atoms with Crippen molar-refractivity contribution in [3.05, 3.63) is 0 Å². The zero-order chi connectivity index (χ0) is 14.0. The summed E-state index contributed by atoms with van der Waals surface area (Å²) in [4.78, 5) is 15.1. The third-order valence-electron chi connectivity index (χ3n) is 3.28. The molecule has 0 amide bonds. The third-order valence-corrected chi connectivity index (χ3v) is 4.44. The van der Waals surface area contributed by atoms with Crippen LogP contribution in [0.3, 0.4) is 0 Å². The van der Waals surface area contributed by atoms with Gasteiger partial charge in [-0.2, -0.15) is 0 Å². The van der Waals surface area contributed by atoms with Crippen molar-refractivity contribution in [1.29, 1.82) is 0 Å². The fourth-order valence-corrected chi connectivity index (χ4v) is 3.29. The molecular weight excluding hydrogens is 272 g/mol. The number of aliphatic hydroxyl groups excluding tert-OH is 2. The summed E-state index contributed by atoms with van der Waals surface area (Å²) in [7, 11) is 2.95. The number of amidine groups is 1. The summed E-state index contributed by atoms with van der Waals surface area (Å²) < 4.78 is 10.3. The summed E-state index contributed by atoms with van der Waals surface area (Å²) in [5.41, 5.74) is -0.306. The van der Waals surface area contributed by atoms with Crippen molar-refractivity contribution in [2.45, 2.75) is 42.6 Å². The molecular formula is C11H18N2O5S. The summed E-state index contributed by atoms with van der Waals surface area (Å²) in [5.74, 6) is -0.361. The van der Waals surface area contributed by atoms with Crippen LogP contribution in [0, 0.1) is 0 Å². The van der Waals surface area contributed by atoms with Gasteiger partial charge in [0.25, 0.3) is 0 Å². The molecule has 0 unspecified atom stereocenters. The Morgan fingerprint density at radius 3 is 2.89 bits per heavy atom. The summed E-state index contributed by atoms with van der Waals surface area (Å²) >= 11 is 1.37. The fourth-order valence-electron chi connectivity index (χ4n) is 2.19. The number of hydrogen-bond acceptors (Lipinski definition) is 7. The average molecular weight is 290 g/mol. The summed E-state index contributed by atoms with van der Waals surface area (Å²) in [6.07, 6.45) is -2.10. The second kappa shape index (κ2) is 6.08. The molecule has 8 heteroatoms. The summed E-state index contributed by atoms with van der Waals surface area (Å²) in [5, 5.41) is 23.8. The molecule has 2 heterocycles. The molecule has 5 atom stereocenters. The Morgan fingerprint density at radius 1 is 1.53 bits per heavy atom. The molecule has 2 rings (SSSR count). The minimum atomic E-state index is -1.03. The Hall–Kier alpha value is -0.830.